The van der Waals surface area contributed by atoms with Crippen LogP contribution in [0.3, 0.4) is 0 Å². The number of anilines is 3. The van der Waals surface area contributed by atoms with Crippen LogP contribution in [-0.4, -0.2) is 79.1 Å². The van der Waals surface area contributed by atoms with Crippen molar-refractivity contribution in [2.45, 2.75) is 6.54 Å². The molecule has 0 amide bonds. The van der Waals surface area contributed by atoms with Crippen LogP contribution in [-0.2, 0) is 6.54 Å². The molecule has 4 aromatic rings. The van der Waals surface area contributed by atoms with Crippen LogP contribution in [0.1, 0.15) is 5.69 Å². The highest BCUT2D eigenvalue weighted by molar-refractivity contribution is 7.17. The van der Waals surface area contributed by atoms with Crippen LogP contribution in [0.4, 0.5) is 16.5 Å². The molecule has 4 heterocycles. The second-order valence-corrected chi connectivity index (χ2v) is 10.4. The van der Waals surface area contributed by atoms with E-state index in [1.165, 1.54) is 17.1 Å². The van der Waals surface area contributed by atoms with E-state index in [0.29, 0.717) is 0 Å². The predicted molar refractivity (Wildman–Crippen MR) is 151 cm³/mol. The molecule has 0 aliphatic carbocycles. The first-order valence-electron chi connectivity index (χ1n) is 12.9. The maximum absolute atomic E-state index is 5.29. The van der Waals surface area contributed by atoms with Gasteiger partial charge in [-0.3, -0.25) is 9.47 Å². The number of rotatable bonds is 7. The highest BCUT2D eigenvalue weighted by Gasteiger charge is 2.22. The first-order chi connectivity index (χ1) is 18.3. The normalized spacial score (nSPS) is 16.8. The van der Waals surface area contributed by atoms with Crippen molar-refractivity contribution in [3.63, 3.8) is 0 Å². The molecule has 2 aliphatic heterocycles. The number of aromatic nitrogens is 3. The van der Waals surface area contributed by atoms with Crippen molar-refractivity contribution in [3.8, 4) is 10.9 Å². The van der Waals surface area contributed by atoms with Crippen molar-refractivity contribution in [1.29, 1.82) is 0 Å². The molecule has 2 aromatic carbocycles. The van der Waals surface area contributed by atoms with E-state index in [0.717, 1.165) is 74.9 Å². The molecule has 2 aliphatic rings. The van der Waals surface area contributed by atoms with E-state index in [9.17, 15) is 0 Å². The third-order valence-corrected chi connectivity index (χ3v) is 8.29. The fraction of sp³-hybridized carbons (Fsp3) is 0.357. The Kier molecular flexibility index (Phi) is 6.96. The van der Waals surface area contributed by atoms with Gasteiger partial charge >= 0.3 is 0 Å². The van der Waals surface area contributed by atoms with E-state index < -0.39 is 0 Å². The number of piperazine rings is 2. The van der Waals surface area contributed by atoms with Gasteiger partial charge in [0, 0.05) is 82.2 Å². The van der Waals surface area contributed by atoms with Gasteiger partial charge in [-0.2, -0.15) is 0 Å². The highest BCUT2D eigenvalue weighted by Crippen LogP contribution is 2.27. The quantitative estimate of drug-likeness (QED) is 0.369. The van der Waals surface area contributed by atoms with E-state index in [4.69, 9.17) is 4.74 Å². The van der Waals surface area contributed by atoms with Gasteiger partial charge in [-0.15, -0.1) is 10.2 Å². The lowest BCUT2D eigenvalue weighted by molar-refractivity contribution is 0.246. The van der Waals surface area contributed by atoms with Crippen LogP contribution in [0.15, 0.2) is 72.9 Å². The Bertz CT molecular complexity index is 1270. The van der Waals surface area contributed by atoms with E-state index in [2.05, 4.69) is 95.2 Å². The second-order valence-electron chi connectivity index (χ2n) is 9.51. The van der Waals surface area contributed by atoms with Crippen molar-refractivity contribution in [2.75, 3.05) is 74.2 Å². The van der Waals surface area contributed by atoms with Crippen LogP contribution in [0, 0.1) is 0 Å². The van der Waals surface area contributed by atoms with Gasteiger partial charge in [0.05, 0.1) is 7.11 Å². The molecule has 0 atom stereocenters. The van der Waals surface area contributed by atoms with Crippen molar-refractivity contribution in [3.05, 3.63) is 78.6 Å². The molecule has 192 valence electrons. The van der Waals surface area contributed by atoms with Gasteiger partial charge in [-0.25, -0.2) is 0 Å². The molecule has 37 heavy (non-hydrogen) atoms. The van der Waals surface area contributed by atoms with Gasteiger partial charge in [-0.1, -0.05) is 29.5 Å². The minimum atomic E-state index is 0.900. The predicted octanol–water partition coefficient (Wildman–Crippen LogP) is 3.99. The Morgan fingerprint density at radius 1 is 0.676 bits per heavy atom. The maximum Gasteiger partial charge on any atom is 0.218 e. The fourth-order valence-corrected chi connectivity index (χ4v) is 6.06. The smallest absolute Gasteiger partial charge is 0.218 e. The lowest BCUT2D eigenvalue weighted by Gasteiger charge is -2.36. The number of hydrogen-bond acceptors (Lipinski definition) is 8. The van der Waals surface area contributed by atoms with Crippen LogP contribution in [0.5, 0.6) is 5.75 Å². The number of nitrogens with zero attached hydrogens (tertiary/aromatic N) is 7. The van der Waals surface area contributed by atoms with Gasteiger partial charge in [0.15, 0.2) is 0 Å². The summed E-state index contributed by atoms with van der Waals surface area (Å²) >= 11 is 1.68. The molecule has 2 aromatic heterocycles. The van der Waals surface area contributed by atoms with Gasteiger partial charge in [-0.05, 0) is 48.5 Å². The first kappa shape index (κ1) is 23.8. The summed E-state index contributed by atoms with van der Waals surface area (Å²) in [4.78, 5) is 9.78. The largest absolute Gasteiger partial charge is 0.497 e. The summed E-state index contributed by atoms with van der Waals surface area (Å²) in [5.74, 6) is 0.900. The van der Waals surface area contributed by atoms with Gasteiger partial charge < -0.3 is 19.4 Å². The fourth-order valence-electron chi connectivity index (χ4n) is 5.15. The lowest BCUT2D eigenvalue weighted by atomic mass is 10.2. The number of methoxy groups -OCH3 is 1. The summed E-state index contributed by atoms with van der Waals surface area (Å²) in [6, 6.07) is 23.3. The van der Waals surface area contributed by atoms with Crippen molar-refractivity contribution >= 4 is 27.8 Å². The molecule has 0 radical (unpaired) electrons. The maximum atomic E-state index is 5.29. The molecule has 2 fully saturated rings. The third kappa shape index (κ3) is 5.28. The average Bonchev–Trinajstić information content (AvgIpc) is 3.64. The van der Waals surface area contributed by atoms with Crippen LogP contribution in [0.25, 0.3) is 5.13 Å². The Morgan fingerprint density at radius 2 is 1.30 bits per heavy atom. The monoisotopic (exact) mass is 515 g/mol. The van der Waals surface area contributed by atoms with E-state index >= 15 is 0 Å². The topological polar surface area (TPSA) is 52.9 Å². The van der Waals surface area contributed by atoms with Crippen molar-refractivity contribution in [1.82, 2.24) is 19.7 Å². The Labute approximate surface area is 222 Å². The molecule has 6 rings (SSSR count). The average molecular weight is 516 g/mol. The SMILES string of the molecule is COc1ccc(N2CCN(Cc3cccn3-c3nnc(N4CCN(c5ccccc5)CC4)s3)CC2)cc1. The lowest BCUT2D eigenvalue weighted by Crippen LogP contribution is -2.46. The minimum Gasteiger partial charge on any atom is -0.497 e. The summed E-state index contributed by atoms with van der Waals surface area (Å²) in [6.07, 6.45) is 2.11. The van der Waals surface area contributed by atoms with E-state index in [1.807, 2.05) is 12.1 Å². The first-order valence-corrected chi connectivity index (χ1v) is 13.7. The second kappa shape index (κ2) is 10.8. The van der Waals surface area contributed by atoms with Crippen LogP contribution < -0.4 is 19.4 Å². The zero-order valence-electron chi connectivity index (χ0n) is 21.2. The van der Waals surface area contributed by atoms with Crippen molar-refractivity contribution < 1.29 is 4.74 Å². The Hall–Kier alpha value is -3.56. The molecule has 8 nitrogen and oxygen atoms in total. The molecule has 0 spiro atoms. The molecule has 9 heteroatoms. The molecule has 0 saturated carbocycles. The third-order valence-electron chi connectivity index (χ3n) is 7.31. The zero-order chi connectivity index (χ0) is 25.0. The minimum absolute atomic E-state index is 0.900. The van der Waals surface area contributed by atoms with Gasteiger partial charge in [0.25, 0.3) is 0 Å². The van der Waals surface area contributed by atoms with Gasteiger partial charge in [0.1, 0.15) is 5.75 Å². The summed E-state index contributed by atoms with van der Waals surface area (Å²) in [5.41, 5.74) is 3.81. The molecule has 0 bridgehead atoms. The van der Waals surface area contributed by atoms with E-state index in [1.54, 1.807) is 18.4 Å². The summed E-state index contributed by atoms with van der Waals surface area (Å²) in [6.45, 7) is 8.92. The summed E-state index contributed by atoms with van der Waals surface area (Å²) < 4.78 is 7.50. The van der Waals surface area contributed by atoms with Gasteiger partial charge in [0.2, 0.25) is 10.3 Å². The highest BCUT2D eigenvalue weighted by atomic mass is 32.1. The number of para-hydroxylation sites is 1. The summed E-state index contributed by atoms with van der Waals surface area (Å²) in [7, 11) is 1.71. The van der Waals surface area contributed by atoms with Crippen LogP contribution in [0.2, 0.25) is 0 Å². The summed E-state index contributed by atoms with van der Waals surface area (Å²) in [5, 5.41) is 11.1. The number of benzene rings is 2. The standard InChI is InChI=1S/C28H33N7OS/c1-36-26-11-9-24(10-12-26)32-16-14-31(15-17-32)22-25-8-5-13-35(25)28-30-29-27(37-28)34-20-18-33(19-21-34)23-6-3-2-4-7-23/h2-13H,14-22H2,1H3. The number of ether oxygens (including phenoxy) is 1. The molecule has 0 N–H and O–H groups in total. The Morgan fingerprint density at radius 3 is 2.00 bits per heavy atom. The van der Waals surface area contributed by atoms with E-state index in [-0.39, 0.29) is 0 Å². The molecular weight excluding hydrogens is 482 g/mol. The molecular formula is C28H33N7OS. The molecule has 2 saturated heterocycles. The van der Waals surface area contributed by atoms with Crippen LogP contribution >= 0.6 is 11.3 Å². The molecule has 0 unspecified atom stereocenters. The zero-order valence-corrected chi connectivity index (χ0v) is 22.1. The Balaban J connectivity index is 1.05. The number of hydrogen-bond donors (Lipinski definition) is 0. The van der Waals surface area contributed by atoms with Crippen molar-refractivity contribution in [2.24, 2.45) is 0 Å².